The number of rotatable bonds is 5. The van der Waals surface area contributed by atoms with Gasteiger partial charge >= 0.3 is 0 Å². The first-order valence-corrected chi connectivity index (χ1v) is 6.56. The Morgan fingerprint density at radius 1 is 1.50 bits per heavy atom. The molecule has 0 spiro atoms. The highest BCUT2D eigenvalue weighted by atomic mass is 19.1. The van der Waals surface area contributed by atoms with E-state index in [4.69, 9.17) is 9.26 Å². The lowest BCUT2D eigenvalue weighted by molar-refractivity contribution is 0.184. The molecule has 1 aromatic heterocycles. The Kier molecular flexibility index (Phi) is 3.40. The van der Waals surface area contributed by atoms with Gasteiger partial charge in [-0.25, -0.2) is 4.39 Å². The number of hydrogen-bond acceptors (Lipinski definition) is 5. The maximum atomic E-state index is 13.2. The van der Waals surface area contributed by atoms with Gasteiger partial charge in [0.25, 0.3) is 5.89 Å². The van der Waals surface area contributed by atoms with Crippen LogP contribution in [0.25, 0.3) is 0 Å². The number of nitrogens with zero attached hydrogens (tertiary/aromatic N) is 2. The molecule has 0 unspecified atom stereocenters. The molecule has 2 aromatic rings. The van der Waals surface area contributed by atoms with Crippen LogP contribution >= 0.6 is 0 Å². The molecule has 0 amide bonds. The zero-order valence-corrected chi connectivity index (χ0v) is 11.0. The van der Waals surface area contributed by atoms with Crippen molar-refractivity contribution in [2.45, 2.75) is 38.4 Å². The van der Waals surface area contributed by atoms with Crippen LogP contribution in [0.3, 0.4) is 0 Å². The van der Waals surface area contributed by atoms with Gasteiger partial charge in [0.05, 0.1) is 6.10 Å². The van der Waals surface area contributed by atoms with Crippen LogP contribution in [0.5, 0.6) is 5.75 Å². The van der Waals surface area contributed by atoms with Crippen molar-refractivity contribution < 1.29 is 18.8 Å². The number of benzene rings is 1. The molecule has 3 rings (SSSR count). The van der Waals surface area contributed by atoms with Gasteiger partial charge in [-0.15, -0.1) is 0 Å². The van der Waals surface area contributed by atoms with E-state index < -0.39 is 11.9 Å². The van der Waals surface area contributed by atoms with E-state index in [1.807, 2.05) is 0 Å². The van der Waals surface area contributed by atoms with Crippen LogP contribution in [-0.2, 0) is 6.61 Å². The molecule has 0 radical (unpaired) electrons. The SMILES string of the molecule is C[C@H](O)c1cc(F)ccc1OCc1nc(C2CC2)no1. The van der Waals surface area contributed by atoms with E-state index in [1.165, 1.54) is 18.2 Å². The molecule has 6 heteroatoms. The van der Waals surface area contributed by atoms with Crippen molar-refractivity contribution in [2.75, 3.05) is 0 Å². The lowest BCUT2D eigenvalue weighted by Crippen LogP contribution is -2.02. The molecule has 0 saturated heterocycles. The van der Waals surface area contributed by atoms with E-state index in [1.54, 1.807) is 6.92 Å². The molecular formula is C14H15FN2O3. The van der Waals surface area contributed by atoms with Crippen molar-refractivity contribution in [2.24, 2.45) is 0 Å². The van der Waals surface area contributed by atoms with Gasteiger partial charge in [0.15, 0.2) is 12.4 Å². The van der Waals surface area contributed by atoms with E-state index in [-0.39, 0.29) is 6.61 Å². The summed E-state index contributed by atoms with van der Waals surface area (Å²) in [6.07, 6.45) is 1.39. The molecule has 1 fully saturated rings. The molecule has 1 aliphatic rings. The molecule has 0 bridgehead atoms. The monoisotopic (exact) mass is 278 g/mol. The first-order chi connectivity index (χ1) is 9.63. The summed E-state index contributed by atoms with van der Waals surface area (Å²) in [5, 5.41) is 13.5. The normalized spacial score (nSPS) is 16.1. The molecule has 5 nitrogen and oxygen atoms in total. The second kappa shape index (κ2) is 5.20. The quantitative estimate of drug-likeness (QED) is 0.910. The Morgan fingerprint density at radius 2 is 2.30 bits per heavy atom. The second-order valence-corrected chi connectivity index (χ2v) is 4.97. The fourth-order valence-electron chi connectivity index (χ4n) is 1.95. The van der Waals surface area contributed by atoms with Crippen LogP contribution in [0.4, 0.5) is 4.39 Å². The number of aliphatic hydroxyl groups is 1. The molecule has 1 atom stereocenters. The van der Waals surface area contributed by atoms with Crippen LogP contribution in [0.2, 0.25) is 0 Å². The molecule has 1 N–H and O–H groups in total. The molecule has 1 aliphatic carbocycles. The highest BCUT2D eigenvalue weighted by Gasteiger charge is 2.28. The predicted octanol–water partition coefficient (Wildman–Crippen LogP) is 2.72. The van der Waals surface area contributed by atoms with Crippen molar-refractivity contribution in [3.63, 3.8) is 0 Å². The van der Waals surface area contributed by atoms with E-state index >= 15 is 0 Å². The summed E-state index contributed by atoms with van der Waals surface area (Å²) in [4.78, 5) is 4.24. The van der Waals surface area contributed by atoms with Gasteiger partial charge in [0.1, 0.15) is 11.6 Å². The van der Waals surface area contributed by atoms with Gasteiger partial charge in [-0.3, -0.25) is 0 Å². The lowest BCUT2D eigenvalue weighted by Gasteiger charge is -2.12. The third kappa shape index (κ3) is 2.80. The second-order valence-electron chi connectivity index (χ2n) is 4.97. The summed E-state index contributed by atoms with van der Waals surface area (Å²) in [7, 11) is 0. The van der Waals surface area contributed by atoms with Gasteiger partial charge in [0, 0.05) is 11.5 Å². The summed E-state index contributed by atoms with van der Waals surface area (Å²) in [6, 6.07) is 4.02. The Balaban J connectivity index is 1.70. The standard InChI is InChI=1S/C14H15FN2O3/c1-8(18)11-6-10(15)4-5-12(11)19-7-13-16-14(17-20-13)9-2-3-9/h4-6,8-9,18H,2-3,7H2,1H3/t8-/m0/s1. The van der Waals surface area contributed by atoms with Gasteiger partial charge < -0.3 is 14.4 Å². The average Bonchev–Trinajstić information content (AvgIpc) is 3.17. The van der Waals surface area contributed by atoms with Gasteiger partial charge in [-0.2, -0.15) is 4.98 Å². The summed E-state index contributed by atoms with van der Waals surface area (Å²) in [5.41, 5.74) is 0.395. The first kappa shape index (κ1) is 13.1. The zero-order valence-electron chi connectivity index (χ0n) is 11.0. The fourth-order valence-corrected chi connectivity index (χ4v) is 1.95. The van der Waals surface area contributed by atoms with Crippen LogP contribution in [0.15, 0.2) is 22.7 Å². The van der Waals surface area contributed by atoms with Crippen molar-refractivity contribution in [1.29, 1.82) is 0 Å². The minimum atomic E-state index is -0.814. The summed E-state index contributed by atoms with van der Waals surface area (Å²) >= 11 is 0. The largest absolute Gasteiger partial charge is 0.483 e. The van der Waals surface area contributed by atoms with E-state index in [0.717, 1.165) is 18.7 Å². The molecule has 1 aromatic carbocycles. The third-order valence-electron chi connectivity index (χ3n) is 3.20. The minimum absolute atomic E-state index is 0.102. The molecule has 0 aliphatic heterocycles. The van der Waals surface area contributed by atoms with Crippen molar-refractivity contribution in [1.82, 2.24) is 10.1 Å². The minimum Gasteiger partial charge on any atom is -0.483 e. The van der Waals surface area contributed by atoms with Crippen LogP contribution < -0.4 is 4.74 Å². The highest BCUT2D eigenvalue weighted by Crippen LogP contribution is 2.38. The zero-order chi connectivity index (χ0) is 14.1. The Hall–Kier alpha value is -1.95. The van der Waals surface area contributed by atoms with Gasteiger partial charge in [0.2, 0.25) is 0 Å². The summed E-state index contributed by atoms with van der Waals surface area (Å²) in [5.74, 6) is 1.52. The Morgan fingerprint density at radius 3 is 3.00 bits per heavy atom. The molecule has 1 saturated carbocycles. The molecule has 20 heavy (non-hydrogen) atoms. The topological polar surface area (TPSA) is 68.4 Å². The number of ether oxygens (including phenoxy) is 1. The van der Waals surface area contributed by atoms with Crippen molar-refractivity contribution in [3.8, 4) is 5.75 Å². The molecular weight excluding hydrogens is 263 g/mol. The lowest BCUT2D eigenvalue weighted by atomic mass is 10.1. The van der Waals surface area contributed by atoms with Crippen LogP contribution in [0, 0.1) is 5.82 Å². The summed E-state index contributed by atoms with van der Waals surface area (Å²) < 4.78 is 23.8. The van der Waals surface area contributed by atoms with Gasteiger partial charge in [-0.05, 0) is 38.0 Å². The Labute approximate surface area is 115 Å². The number of aliphatic hydroxyl groups excluding tert-OH is 1. The van der Waals surface area contributed by atoms with Crippen LogP contribution in [-0.4, -0.2) is 15.2 Å². The Bertz CT molecular complexity index is 608. The maximum absolute atomic E-state index is 13.2. The summed E-state index contributed by atoms with van der Waals surface area (Å²) in [6.45, 7) is 1.66. The predicted molar refractivity (Wildman–Crippen MR) is 67.6 cm³/mol. The van der Waals surface area contributed by atoms with Crippen molar-refractivity contribution in [3.05, 3.63) is 41.3 Å². The fraction of sp³-hybridized carbons (Fsp3) is 0.429. The molecule has 1 heterocycles. The van der Waals surface area contributed by atoms with Crippen LogP contribution in [0.1, 0.15) is 49.1 Å². The van der Waals surface area contributed by atoms with E-state index in [2.05, 4.69) is 10.1 Å². The maximum Gasteiger partial charge on any atom is 0.264 e. The van der Waals surface area contributed by atoms with Crippen molar-refractivity contribution >= 4 is 0 Å². The van der Waals surface area contributed by atoms with E-state index in [9.17, 15) is 9.50 Å². The number of aromatic nitrogens is 2. The van der Waals surface area contributed by atoms with E-state index in [0.29, 0.717) is 23.1 Å². The smallest absolute Gasteiger partial charge is 0.264 e. The highest BCUT2D eigenvalue weighted by molar-refractivity contribution is 5.35. The number of hydrogen-bond donors (Lipinski definition) is 1. The first-order valence-electron chi connectivity index (χ1n) is 6.56. The average molecular weight is 278 g/mol. The van der Waals surface area contributed by atoms with Gasteiger partial charge in [-0.1, -0.05) is 5.16 Å². The third-order valence-corrected chi connectivity index (χ3v) is 3.20. The molecule has 106 valence electrons. The number of halogens is 1.